The Morgan fingerprint density at radius 3 is 2.46 bits per heavy atom. The lowest BCUT2D eigenvalue weighted by atomic mass is 10.0. The predicted octanol–water partition coefficient (Wildman–Crippen LogP) is 4.00. The van der Waals surface area contributed by atoms with Crippen LogP contribution in [0.25, 0.3) is 0 Å². The van der Waals surface area contributed by atoms with Crippen molar-refractivity contribution in [3.05, 3.63) is 59.1 Å². The molecule has 4 nitrogen and oxygen atoms in total. The maximum absolute atomic E-state index is 11.7. The quantitative estimate of drug-likeness (QED) is 0.828. The fraction of sp³-hybridized carbons (Fsp3) is 0.381. The third kappa shape index (κ3) is 2.97. The molecule has 136 valence electrons. The predicted molar refractivity (Wildman–Crippen MR) is 104 cm³/mol. The van der Waals surface area contributed by atoms with Gasteiger partial charge < -0.3 is 9.84 Å². The highest BCUT2D eigenvalue weighted by Crippen LogP contribution is 2.36. The van der Waals surface area contributed by atoms with Gasteiger partial charge in [0.05, 0.1) is 13.7 Å². The van der Waals surface area contributed by atoms with Crippen molar-refractivity contribution in [2.75, 3.05) is 25.1 Å². The van der Waals surface area contributed by atoms with Crippen LogP contribution in [0.4, 0.5) is 5.69 Å². The second-order valence-corrected chi connectivity index (χ2v) is 7.42. The smallest absolute Gasteiger partial charge is 0.271 e. The van der Waals surface area contributed by atoms with Crippen molar-refractivity contribution in [1.29, 1.82) is 0 Å². The number of hydrogen-bond donors (Lipinski definition) is 1. The minimum absolute atomic E-state index is 0.510. The highest BCUT2D eigenvalue weighted by Gasteiger charge is 2.51. The zero-order chi connectivity index (χ0) is 18.1. The number of hydrogen-bond acceptors (Lipinski definition) is 3. The van der Waals surface area contributed by atoms with Gasteiger partial charge >= 0.3 is 0 Å². The summed E-state index contributed by atoms with van der Waals surface area (Å²) in [5, 5.41) is 12.5. The number of nitrogens with zero attached hydrogens (tertiary/aromatic N) is 2. The van der Waals surface area contributed by atoms with E-state index in [2.05, 4.69) is 9.48 Å². The van der Waals surface area contributed by atoms with Crippen molar-refractivity contribution in [2.45, 2.75) is 31.4 Å². The van der Waals surface area contributed by atoms with E-state index < -0.39 is 5.72 Å². The van der Waals surface area contributed by atoms with Crippen molar-refractivity contribution in [2.24, 2.45) is 0 Å². The molecular formula is C21H24ClN2O2+. The lowest BCUT2D eigenvalue weighted by molar-refractivity contribution is -0.658. The lowest BCUT2D eigenvalue weighted by Crippen LogP contribution is -2.41. The Morgan fingerprint density at radius 1 is 1.04 bits per heavy atom. The van der Waals surface area contributed by atoms with Gasteiger partial charge in [-0.3, -0.25) is 0 Å². The Morgan fingerprint density at radius 2 is 1.77 bits per heavy atom. The standard InChI is InChI=1S/C21H24ClN2O2/c1-26-19-12-6-16(7-13-19)21(25)15-23(18-10-8-17(22)9-11-18)20-5-3-2-4-14-24(20)21/h6-13,25H,2-5,14-15H2,1H3/q+1/t21-/m0/s1. The summed E-state index contributed by atoms with van der Waals surface area (Å²) in [6.45, 7) is 1.37. The summed E-state index contributed by atoms with van der Waals surface area (Å²) in [5.74, 6) is 1.99. The van der Waals surface area contributed by atoms with Crippen LogP contribution < -0.4 is 9.64 Å². The van der Waals surface area contributed by atoms with Crippen LogP contribution in [0.5, 0.6) is 5.75 Å². The number of anilines is 1. The molecule has 0 unspecified atom stereocenters. The number of methoxy groups -OCH3 is 1. The van der Waals surface area contributed by atoms with Crippen molar-refractivity contribution >= 4 is 23.1 Å². The van der Waals surface area contributed by atoms with Crippen LogP contribution in [-0.2, 0) is 5.72 Å². The normalized spacial score (nSPS) is 23.0. The van der Waals surface area contributed by atoms with Crippen molar-refractivity contribution in [3.8, 4) is 5.75 Å². The molecule has 2 heterocycles. The lowest BCUT2D eigenvalue weighted by Gasteiger charge is -2.23. The van der Waals surface area contributed by atoms with E-state index in [-0.39, 0.29) is 0 Å². The minimum atomic E-state index is -1.04. The van der Waals surface area contributed by atoms with E-state index in [0.29, 0.717) is 6.54 Å². The number of aliphatic hydroxyl groups is 1. The van der Waals surface area contributed by atoms with Crippen LogP contribution in [-0.4, -0.2) is 35.7 Å². The molecule has 2 aliphatic rings. The zero-order valence-corrected chi connectivity index (χ0v) is 15.7. The molecule has 1 N–H and O–H groups in total. The number of amidine groups is 1. The first-order valence-corrected chi connectivity index (χ1v) is 9.53. The molecular weight excluding hydrogens is 348 g/mol. The topological polar surface area (TPSA) is 35.7 Å². The average molecular weight is 372 g/mol. The Kier molecular flexibility index (Phi) is 4.63. The van der Waals surface area contributed by atoms with Gasteiger partial charge in [-0.15, -0.1) is 0 Å². The monoisotopic (exact) mass is 371 g/mol. The van der Waals surface area contributed by atoms with E-state index in [1.54, 1.807) is 7.11 Å². The molecule has 0 amide bonds. The largest absolute Gasteiger partial charge is 0.497 e. The van der Waals surface area contributed by atoms with Crippen LogP contribution in [0.2, 0.25) is 5.02 Å². The highest BCUT2D eigenvalue weighted by molar-refractivity contribution is 6.30. The third-order valence-corrected chi connectivity index (χ3v) is 5.67. The molecule has 2 aliphatic heterocycles. The van der Waals surface area contributed by atoms with Gasteiger partial charge in [-0.2, -0.15) is 0 Å². The van der Waals surface area contributed by atoms with E-state index >= 15 is 0 Å². The number of halogens is 1. The summed E-state index contributed by atoms with van der Waals surface area (Å²) in [5.41, 5.74) is 0.931. The second-order valence-electron chi connectivity index (χ2n) is 6.99. The van der Waals surface area contributed by atoms with Gasteiger partial charge in [0.2, 0.25) is 0 Å². The average Bonchev–Trinajstić information content (AvgIpc) is 2.82. The first kappa shape index (κ1) is 17.4. The van der Waals surface area contributed by atoms with Crippen LogP contribution in [0.3, 0.4) is 0 Å². The van der Waals surface area contributed by atoms with Gasteiger partial charge in [-0.25, -0.2) is 9.48 Å². The van der Waals surface area contributed by atoms with Crippen LogP contribution in [0.1, 0.15) is 31.2 Å². The Bertz CT molecular complexity index is 817. The molecule has 0 bridgehead atoms. The van der Waals surface area contributed by atoms with Gasteiger partial charge in [-0.1, -0.05) is 11.6 Å². The van der Waals surface area contributed by atoms with E-state index in [1.807, 2.05) is 48.5 Å². The first-order chi connectivity index (χ1) is 12.6. The maximum Gasteiger partial charge on any atom is 0.271 e. The van der Waals surface area contributed by atoms with E-state index in [0.717, 1.165) is 47.8 Å². The number of β-amino-alcohol motifs (C(OH)–C–C–N with tert-alkyl or cyclic N) is 1. The van der Waals surface area contributed by atoms with Crippen LogP contribution >= 0.6 is 11.6 Å². The Hall–Kier alpha value is -2.04. The van der Waals surface area contributed by atoms with Gasteiger partial charge in [-0.05, 0) is 67.8 Å². The van der Waals surface area contributed by atoms with Gasteiger partial charge in [0.15, 0.2) is 6.54 Å². The van der Waals surface area contributed by atoms with Crippen molar-refractivity contribution < 1.29 is 14.4 Å². The molecule has 0 fully saturated rings. The molecule has 4 rings (SSSR count). The Balaban J connectivity index is 1.77. The first-order valence-electron chi connectivity index (χ1n) is 9.15. The number of rotatable bonds is 3. The van der Waals surface area contributed by atoms with Crippen molar-refractivity contribution in [3.63, 3.8) is 0 Å². The van der Waals surface area contributed by atoms with Gasteiger partial charge in [0, 0.05) is 17.0 Å². The number of ether oxygens (including phenoxy) is 1. The van der Waals surface area contributed by atoms with Gasteiger partial charge in [0.25, 0.3) is 11.6 Å². The van der Waals surface area contributed by atoms with E-state index in [9.17, 15) is 5.11 Å². The molecule has 5 heteroatoms. The zero-order valence-electron chi connectivity index (χ0n) is 15.0. The van der Waals surface area contributed by atoms with Crippen LogP contribution in [0.15, 0.2) is 48.5 Å². The summed E-state index contributed by atoms with van der Waals surface area (Å²) >= 11 is 6.07. The molecule has 2 aromatic carbocycles. The third-order valence-electron chi connectivity index (χ3n) is 5.42. The summed E-state index contributed by atoms with van der Waals surface area (Å²) in [6, 6.07) is 15.6. The molecule has 0 radical (unpaired) electrons. The fourth-order valence-electron chi connectivity index (χ4n) is 4.04. The van der Waals surface area contributed by atoms with E-state index in [4.69, 9.17) is 16.3 Å². The molecule has 2 aromatic rings. The fourth-order valence-corrected chi connectivity index (χ4v) is 4.16. The van der Waals surface area contributed by atoms with E-state index in [1.165, 1.54) is 12.3 Å². The summed E-state index contributed by atoms with van der Waals surface area (Å²) in [7, 11) is 1.66. The highest BCUT2D eigenvalue weighted by atomic mass is 35.5. The number of benzene rings is 2. The molecule has 0 spiro atoms. The summed E-state index contributed by atoms with van der Waals surface area (Å²) in [4.78, 5) is 2.24. The van der Waals surface area contributed by atoms with Crippen LogP contribution in [0, 0.1) is 0 Å². The molecule has 0 aromatic heterocycles. The van der Waals surface area contributed by atoms with Crippen molar-refractivity contribution in [1.82, 2.24) is 0 Å². The summed E-state index contributed by atoms with van der Waals surface area (Å²) in [6.07, 6.45) is 4.40. The Labute approximate surface area is 159 Å². The molecule has 26 heavy (non-hydrogen) atoms. The maximum atomic E-state index is 11.7. The molecule has 0 saturated heterocycles. The SMILES string of the molecule is COc1ccc([C@@]2(O)CN(c3ccc(Cl)cc3)C3=[N+]2CCCCC3)cc1. The molecule has 0 saturated carbocycles. The second kappa shape index (κ2) is 6.93. The summed E-state index contributed by atoms with van der Waals surface area (Å²) < 4.78 is 7.46. The van der Waals surface area contributed by atoms with Gasteiger partial charge in [0.1, 0.15) is 11.4 Å². The molecule has 0 aliphatic carbocycles. The molecule has 1 atom stereocenters. The minimum Gasteiger partial charge on any atom is -0.497 e.